The summed E-state index contributed by atoms with van der Waals surface area (Å²) in [7, 11) is 3.92. The molecule has 0 heterocycles. The number of hydrogen-bond acceptors (Lipinski definition) is 3. The first-order valence-corrected chi connectivity index (χ1v) is 2.75. The Bertz CT molecular complexity index is 23.9. The van der Waals surface area contributed by atoms with E-state index in [9.17, 15) is 0 Å². The second-order valence-electron chi connectivity index (χ2n) is 0.957. The summed E-state index contributed by atoms with van der Waals surface area (Å²) < 4.78 is 0. The van der Waals surface area contributed by atoms with Crippen LogP contribution in [0.1, 0.15) is 6.42 Å². The maximum Gasteiger partial charge on any atom is 2.00 e. The molecule has 0 saturated heterocycles. The monoisotopic (exact) mass is 199 g/mol. The summed E-state index contributed by atoms with van der Waals surface area (Å²) in [6.45, 7) is 4.64. The second kappa shape index (κ2) is 75.5. The van der Waals surface area contributed by atoms with Crippen LogP contribution in [-0.2, 0) is 21.7 Å². The largest absolute Gasteiger partial charge is 2.00 e. The zero-order valence-electron chi connectivity index (χ0n) is 8.02. The van der Waals surface area contributed by atoms with Crippen molar-refractivity contribution in [2.24, 2.45) is 0 Å². The van der Waals surface area contributed by atoms with E-state index in [1.807, 2.05) is 7.05 Å². The molecule has 0 aliphatic rings. The van der Waals surface area contributed by atoms with Crippen molar-refractivity contribution in [1.29, 1.82) is 0 Å². The molecular formula is C7H21NO2Ti. The van der Waals surface area contributed by atoms with Crippen LogP contribution in [0, 0.1) is 14.4 Å². The van der Waals surface area contributed by atoms with E-state index in [0.29, 0.717) is 0 Å². The van der Waals surface area contributed by atoms with Gasteiger partial charge >= 0.3 is 21.7 Å². The summed E-state index contributed by atoms with van der Waals surface area (Å²) in [6.07, 6.45) is 0.983. The average Bonchev–Trinajstić information content (AvgIpc) is 1.98. The van der Waals surface area contributed by atoms with Gasteiger partial charge in [-0.05, 0) is 13.6 Å². The van der Waals surface area contributed by atoms with E-state index in [2.05, 4.69) is 12.2 Å². The van der Waals surface area contributed by atoms with E-state index >= 15 is 0 Å². The molecular weight excluding hydrogens is 178 g/mol. The molecule has 0 aliphatic carbocycles. The van der Waals surface area contributed by atoms with Crippen LogP contribution in [0.3, 0.4) is 0 Å². The normalized spacial score (nSPS) is 4.91. The van der Waals surface area contributed by atoms with Gasteiger partial charge in [0.1, 0.15) is 0 Å². The number of hydrogen-bond donors (Lipinski definition) is 3. The van der Waals surface area contributed by atoms with Gasteiger partial charge in [-0.1, -0.05) is 0 Å². The first-order chi connectivity index (χ1) is 4.41. The topological polar surface area (TPSA) is 52.5 Å². The van der Waals surface area contributed by atoms with Crippen molar-refractivity contribution in [3.05, 3.63) is 14.4 Å². The molecule has 70 valence electrons. The maximum atomic E-state index is 7.00. The van der Waals surface area contributed by atoms with Crippen LogP contribution < -0.4 is 5.32 Å². The molecule has 0 atom stereocenters. The SMILES string of the molecule is CO.CO.[CH2-]CCNC.[CH3-].[Ti+2]. The summed E-state index contributed by atoms with van der Waals surface area (Å²) >= 11 is 0. The van der Waals surface area contributed by atoms with E-state index in [1.54, 1.807) is 0 Å². The molecule has 0 fully saturated rings. The van der Waals surface area contributed by atoms with Crippen LogP contribution >= 0.6 is 0 Å². The van der Waals surface area contributed by atoms with Crippen molar-refractivity contribution in [1.82, 2.24) is 5.32 Å². The van der Waals surface area contributed by atoms with Crippen molar-refractivity contribution in [3.63, 3.8) is 0 Å². The van der Waals surface area contributed by atoms with Crippen LogP contribution in [0.5, 0.6) is 0 Å². The fraction of sp³-hybridized carbons (Fsp3) is 0.714. The van der Waals surface area contributed by atoms with Crippen molar-refractivity contribution in [2.75, 3.05) is 27.8 Å². The fourth-order valence-electron chi connectivity index (χ4n) is 0.177. The van der Waals surface area contributed by atoms with Gasteiger partial charge in [-0.25, -0.2) is 0 Å². The minimum absolute atomic E-state index is 0. The van der Waals surface area contributed by atoms with E-state index in [0.717, 1.165) is 27.2 Å². The number of aliphatic hydroxyl groups excluding tert-OH is 2. The van der Waals surface area contributed by atoms with Crippen LogP contribution in [-0.4, -0.2) is 38.0 Å². The van der Waals surface area contributed by atoms with Crippen LogP contribution in [0.4, 0.5) is 0 Å². The third-order valence-corrected chi connectivity index (χ3v) is 0.427. The predicted molar refractivity (Wildman–Crippen MR) is 46.6 cm³/mol. The van der Waals surface area contributed by atoms with E-state index < -0.39 is 0 Å². The van der Waals surface area contributed by atoms with Gasteiger partial charge < -0.3 is 29.9 Å². The van der Waals surface area contributed by atoms with Crippen LogP contribution in [0.2, 0.25) is 0 Å². The van der Waals surface area contributed by atoms with Gasteiger partial charge in [-0.15, -0.1) is 0 Å². The quantitative estimate of drug-likeness (QED) is 0.436. The number of rotatable bonds is 2. The molecule has 0 bridgehead atoms. The Kier molecular flexibility index (Phi) is 205. The predicted octanol–water partition coefficient (Wildman–Crippen LogP) is 0.0948. The van der Waals surface area contributed by atoms with Gasteiger partial charge in [0.25, 0.3) is 0 Å². The smallest absolute Gasteiger partial charge is 0.400 e. The Labute approximate surface area is 86.1 Å². The Balaban J connectivity index is -0.0000000178. The minimum Gasteiger partial charge on any atom is -0.400 e. The molecule has 0 spiro atoms. The Morgan fingerprint density at radius 2 is 1.45 bits per heavy atom. The van der Waals surface area contributed by atoms with Gasteiger partial charge in [0, 0.05) is 14.2 Å². The number of nitrogens with one attached hydrogen (secondary N) is 1. The molecule has 0 aromatic heterocycles. The molecule has 11 heavy (non-hydrogen) atoms. The maximum absolute atomic E-state index is 7.00. The Hall–Kier alpha value is 0.594. The van der Waals surface area contributed by atoms with E-state index in [-0.39, 0.29) is 29.1 Å². The van der Waals surface area contributed by atoms with Gasteiger partial charge in [0.15, 0.2) is 0 Å². The van der Waals surface area contributed by atoms with Crippen molar-refractivity contribution >= 4 is 0 Å². The summed E-state index contributed by atoms with van der Waals surface area (Å²) in [5, 5.41) is 17.0. The fourth-order valence-corrected chi connectivity index (χ4v) is 0.177. The summed E-state index contributed by atoms with van der Waals surface area (Å²) in [5.41, 5.74) is 0. The summed E-state index contributed by atoms with van der Waals surface area (Å²) in [6, 6.07) is 0. The second-order valence-corrected chi connectivity index (χ2v) is 0.957. The average molecular weight is 199 g/mol. The van der Waals surface area contributed by atoms with Crippen molar-refractivity contribution in [2.45, 2.75) is 6.42 Å². The van der Waals surface area contributed by atoms with E-state index in [4.69, 9.17) is 10.2 Å². The minimum atomic E-state index is 0. The summed E-state index contributed by atoms with van der Waals surface area (Å²) in [4.78, 5) is 0. The standard InChI is InChI=1S/C4H10N.2CH4O.CH3.Ti/c1-3-4-5-2;2*1-2;;/h5H,1,3-4H2,2H3;2*2H,1H3;1H3;/q-1;;;-1;+2. The molecule has 4 heteroatoms. The van der Waals surface area contributed by atoms with Gasteiger partial charge in [0.05, 0.1) is 0 Å². The van der Waals surface area contributed by atoms with Gasteiger partial charge in [0.2, 0.25) is 0 Å². The van der Waals surface area contributed by atoms with Crippen LogP contribution in [0.15, 0.2) is 0 Å². The Morgan fingerprint density at radius 1 is 1.18 bits per heavy atom. The molecule has 0 saturated carbocycles. The molecule has 0 amide bonds. The molecule has 0 radical (unpaired) electrons. The van der Waals surface area contributed by atoms with Gasteiger partial charge in [-0.3, -0.25) is 0 Å². The summed E-state index contributed by atoms with van der Waals surface area (Å²) in [5.74, 6) is 0. The molecule has 3 nitrogen and oxygen atoms in total. The van der Waals surface area contributed by atoms with Crippen molar-refractivity contribution < 1.29 is 31.9 Å². The molecule has 3 N–H and O–H groups in total. The number of aliphatic hydroxyl groups is 2. The first kappa shape index (κ1) is 29.9. The molecule has 0 rings (SSSR count). The van der Waals surface area contributed by atoms with Crippen molar-refractivity contribution in [3.8, 4) is 0 Å². The molecule has 0 aliphatic heterocycles. The molecule has 0 aromatic rings. The third-order valence-electron chi connectivity index (χ3n) is 0.427. The Morgan fingerprint density at radius 3 is 1.45 bits per heavy atom. The zero-order valence-corrected chi connectivity index (χ0v) is 9.58. The van der Waals surface area contributed by atoms with Gasteiger partial charge in [-0.2, -0.15) is 6.42 Å². The molecule has 0 unspecified atom stereocenters. The third kappa shape index (κ3) is 116. The first-order valence-electron chi connectivity index (χ1n) is 2.75. The molecule has 0 aromatic carbocycles. The van der Waals surface area contributed by atoms with Crippen LogP contribution in [0.25, 0.3) is 0 Å². The zero-order chi connectivity index (χ0) is 8.12. The van der Waals surface area contributed by atoms with E-state index in [1.165, 1.54) is 0 Å².